The van der Waals surface area contributed by atoms with Crippen LogP contribution in [0.15, 0.2) is 0 Å². The molecule has 0 aliphatic carbocycles. The molecule has 2 N–H and O–H groups in total. The Bertz CT molecular complexity index is 83.2. The van der Waals surface area contributed by atoms with Gasteiger partial charge in [0.25, 0.3) is 0 Å². The van der Waals surface area contributed by atoms with Crippen LogP contribution in [0.3, 0.4) is 0 Å². The molecular weight excluding hydrogens is 395 g/mol. The second kappa shape index (κ2) is 14.4. The van der Waals surface area contributed by atoms with Crippen molar-refractivity contribution in [1.29, 1.82) is 0 Å². The molecule has 1 aliphatic heterocycles. The molecule has 0 spiro atoms. The third-order valence-electron chi connectivity index (χ3n) is 1.41. The fraction of sp³-hybridized carbons (Fsp3) is 1.00. The molecule has 1 fully saturated rings. The van der Waals surface area contributed by atoms with E-state index in [9.17, 15) is 0 Å². The molecule has 1 unspecified atom stereocenters. The van der Waals surface area contributed by atoms with Gasteiger partial charge in [0.2, 0.25) is 0 Å². The zero-order valence-corrected chi connectivity index (χ0v) is 16.9. The van der Waals surface area contributed by atoms with Gasteiger partial charge in [-0.1, -0.05) is 6.04 Å². The van der Waals surface area contributed by atoms with Gasteiger partial charge in [-0.25, -0.2) is 0 Å². The van der Waals surface area contributed by atoms with E-state index in [4.69, 9.17) is 0 Å². The van der Waals surface area contributed by atoms with Gasteiger partial charge in [-0.15, -0.1) is 0 Å². The minimum atomic E-state index is 0. The first-order valence-corrected chi connectivity index (χ1v) is 4.23. The van der Waals surface area contributed by atoms with E-state index in [-0.39, 0.29) is 98.1 Å². The fourth-order valence-corrected chi connectivity index (χ4v) is 0.894. The summed E-state index contributed by atoms with van der Waals surface area (Å²) < 4.78 is 0. The molecule has 60 valence electrons. The van der Waals surface area contributed by atoms with Gasteiger partial charge < -0.3 is 10.6 Å². The molecule has 0 aromatic rings. The third-order valence-corrected chi connectivity index (χ3v) is 1.77. The molecule has 0 aromatic carbocycles. The Morgan fingerprint density at radius 2 is 1.92 bits per heavy atom. The normalized spacial score (nSPS) is 18.2. The maximum Gasteiger partial charge on any atom is 0.0318 e. The summed E-state index contributed by atoms with van der Waals surface area (Å²) in [4.78, 5) is 0. The number of nitrogens with one attached hydrogen (secondary N) is 2. The molecule has 0 amide bonds. The Kier molecular flexibility index (Phi) is 25.1. The monoisotopic (exact) mass is 408 g/mol. The van der Waals surface area contributed by atoms with Crippen molar-refractivity contribution in [3.05, 3.63) is 0 Å². The van der Waals surface area contributed by atoms with Crippen LogP contribution in [-0.4, -0.2) is 35.9 Å². The predicted molar refractivity (Wildman–Crippen MR) is 39.8 cm³/mol. The quantitative estimate of drug-likeness (QED) is 0.366. The Hall–Kier alpha value is 3.45. The summed E-state index contributed by atoms with van der Waals surface area (Å²) in [6, 6.07) is 1.88. The van der Waals surface area contributed by atoms with Crippen molar-refractivity contribution in [3.8, 4) is 0 Å². The molecule has 1 saturated heterocycles. The molecule has 1 heterocycles. The van der Waals surface area contributed by atoms with Crippen LogP contribution in [0.2, 0.25) is 6.04 Å². The van der Waals surface area contributed by atoms with Crippen molar-refractivity contribution >= 4 is 10.2 Å². The van der Waals surface area contributed by atoms with Crippen LogP contribution >= 0.6 is 0 Å². The predicted octanol–water partition coefficient (Wildman–Crippen LogP) is -0.483. The van der Waals surface area contributed by atoms with E-state index in [2.05, 4.69) is 20.9 Å². The molecule has 1 atom stereocenters. The van der Waals surface area contributed by atoms with Gasteiger partial charge in [0, 0.05) is 128 Å². The van der Waals surface area contributed by atoms with E-state index in [1.54, 1.807) is 0 Å². The molecule has 0 aromatic heterocycles. The zero-order chi connectivity index (χ0) is 6.53. The van der Waals surface area contributed by atoms with E-state index in [1.807, 2.05) is 0 Å². The van der Waals surface area contributed by atoms with Gasteiger partial charge in [-0.05, 0) is 13.0 Å². The van der Waals surface area contributed by atoms with Crippen LogP contribution in [0.4, 0.5) is 0 Å². The van der Waals surface area contributed by atoms with Crippen molar-refractivity contribution in [2.24, 2.45) is 0 Å². The number of rotatable bonds is 5. The topological polar surface area (TPSA) is 34.0 Å². The molecule has 0 bridgehead atoms. The van der Waals surface area contributed by atoms with Crippen LogP contribution in [0.5, 0.6) is 0 Å². The van der Waals surface area contributed by atoms with E-state index >= 15 is 0 Å². The minimum absolute atomic E-state index is 0. The van der Waals surface area contributed by atoms with Crippen molar-refractivity contribution < 1.29 is 98.1 Å². The van der Waals surface area contributed by atoms with Crippen LogP contribution in [0.25, 0.3) is 0 Å². The molecule has 1 rings (SSSR count). The van der Waals surface area contributed by atoms with Gasteiger partial charge in [-0.2, -0.15) is 0 Å². The molecule has 0 saturated carbocycles. The van der Waals surface area contributed by atoms with Crippen LogP contribution < -0.4 is 10.6 Å². The smallest absolute Gasteiger partial charge is 0.0318 e. The molecule has 1 aliphatic rings. The second-order valence-corrected chi connectivity index (χ2v) is 2.91. The Balaban J connectivity index is -0.000000270. The van der Waals surface area contributed by atoms with Gasteiger partial charge in [0.1, 0.15) is 0 Å². The van der Waals surface area contributed by atoms with Crippen LogP contribution in [0, 0.1) is 0 Å². The van der Waals surface area contributed by atoms with E-state index in [0.717, 1.165) is 25.2 Å². The van der Waals surface area contributed by atoms with Crippen molar-refractivity contribution in [2.75, 3.05) is 19.6 Å². The summed E-state index contributed by atoms with van der Waals surface area (Å²) in [5, 5.41) is 6.59. The van der Waals surface area contributed by atoms with Crippen molar-refractivity contribution in [3.63, 3.8) is 0 Å². The second-order valence-electron chi connectivity index (χ2n) is 2.41. The van der Waals surface area contributed by atoms with E-state index < -0.39 is 0 Å². The first-order valence-electron chi connectivity index (χ1n) is 3.52. The summed E-state index contributed by atoms with van der Waals surface area (Å²) in [5.74, 6) is 0. The summed E-state index contributed by atoms with van der Waals surface area (Å²) in [6.45, 7) is 3.49. The largest absolute Gasteiger partial charge is 0.315 e. The van der Waals surface area contributed by atoms with Crippen molar-refractivity contribution in [2.45, 2.75) is 18.5 Å². The maximum absolute atomic E-state index is 3.42. The standard InChI is InChI=1S/C6H13N2Si.3Y/c9-3-1-2-7-4-6-5-8-6;;;/h6-8H,1-5H2;;;. The summed E-state index contributed by atoms with van der Waals surface area (Å²) in [6.07, 6.45) is 1.23. The first kappa shape index (κ1) is 20.8. The molecule has 2 nitrogen and oxygen atoms in total. The molecule has 6 heteroatoms. The molecule has 12 heavy (non-hydrogen) atoms. The fourth-order valence-electron chi connectivity index (χ4n) is 0.717. The van der Waals surface area contributed by atoms with Crippen LogP contribution in [0.1, 0.15) is 6.42 Å². The van der Waals surface area contributed by atoms with E-state index in [1.165, 1.54) is 13.0 Å². The average molecular weight is 408 g/mol. The SMILES string of the molecule is [Si]CCCNCC1CN1.[Y].[Y].[Y]. The summed E-state index contributed by atoms with van der Waals surface area (Å²) in [5.41, 5.74) is 0. The zero-order valence-electron chi connectivity index (χ0n) is 7.34. The van der Waals surface area contributed by atoms with E-state index in [0.29, 0.717) is 0 Å². The third kappa shape index (κ3) is 13.4. The Morgan fingerprint density at radius 3 is 2.33 bits per heavy atom. The van der Waals surface area contributed by atoms with Gasteiger partial charge in [0.15, 0.2) is 0 Å². The van der Waals surface area contributed by atoms with Gasteiger partial charge >= 0.3 is 0 Å². The Morgan fingerprint density at radius 1 is 1.33 bits per heavy atom. The summed E-state index contributed by atoms with van der Waals surface area (Å²) in [7, 11) is 3.42. The first-order chi connectivity index (χ1) is 4.43. The minimum Gasteiger partial charge on any atom is -0.315 e. The molecule has 6 radical (unpaired) electrons. The van der Waals surface area contributed by atoms with Crippen molar-refractivity contribution in [1.82, 2.24) is 10.6 Å². The average Bonchev–Trinajstić information content (AvgIpc) is 2.63. The number of hydrogen-bond acceptors (Lipinski definition) is 2. The molecular formula is C6H13N2SiY3. The van der Waals surface area contributed by atoms with Crippen LogP contribution in [-0.2, 0) is 98.1 Å². The maximum atomic E-state index is 3.42. The summed E-state index contributed by atoms with van der Waals surface area (Å²) >= 11 is 0. The van der Waals surface area contributed by atoms with Gasteiger partial charge in [0.05, 0.1) is 0 Å². The van der Waals surface area contributed by atoms with Gasteiger partial charge in [-0.3, -0.25) is 0 Å². The Labute approximate surface area is 154 Å². The number of hydrogen-bond donors (Lipinski definition) is 2.